The minimum Gasteiger partial charge on any atom is -0.371 e. The molecule has 1 saturated carbocycles. The van der Waals surface area contributed by atoms with E-state index in [2.05, 4.69) is 48.4 Å². The number of benzene rings is 1. The van der Waals surface area contributed by atoms with E-state index in [9.17, 15) is 0 Å². The van der Waals surface area contributed by atoms with Crippen LogP contribution in [0.2, 0.25) is 0 Å². The lowest BCUT2D eigenvalue weighted by Crippen LogP contribution is -2.67. The van der Waals surface area contributed by atoms with Crippen LogP contribution in [0, 0.1) is 5.92 Å². The summed E-state index contributed by atoms with van der Waals surface area (Å²) in [5.74, 6) is 0.661. The first kappa shape index (κ1) is 11.4. The van der Waals surface area contributed by atoms with E-state index in [0.29, 0.717) is 12.0 Å². The molecule has 20 heavy (non-hydrogen) atoms. The van der Waals surface area contributed by atoms with E-state index in [4.69, 9.17) is 9.57 Å². The van der Waals surface area contributed by atoms with Crippen molar-refractivity contribution in [2.24, 2.45) is 5.92 Å². The smallest absolute Gasteiger partial charge is 0.120 e. The molecule has 2 aliphatic carbocycles. The zero-order valence-corrected chi connectivity index (χ0v) is 11.7. The number of anilines is 1. The lowest BCUT2D eigenvalue weighted by Gasteiger charge is -2.58. The first-order valence-corrected chi connectivity index (χ1v) is 7.61. The predicted octanol–water partition coefficient (Wildman–Crippen LogP) is 3.07. The van der Waals surface area contributed by atoms with Crippen molar-refractivity contribution in [3.05, 3.63) is 42.0 Å². The first-order valence-electron chi connectivity index (χ1n) is 7.61. The highest BCUT2D eigenvalue weighted by Crippen LogP contribution is 2.61. The Balaban J connectivity index is 1.74. The van der Waals surface area contributed by atoms with Gasteiger partial charge in [-0.25, -0.2) is 5.06 Å². The van der Waals surface area contributed by atoms with Crippen LogP contribution in [0.4, 0.5) is 5.69 Å². The molecule has 0 N–H and O–H groups in total. The fourth-order valence-electron chi connectivity index (χ4n) is 4.98. The Morgan fingerprint density at radius 2 is 2.05 bits per heavy atom. The van der Waals surface area contributed by atoms with E-state index < -0.39 is 0 Å². The molecule has 3 heterocycles. The van der Waals surface area contributed by atoms with Gasteiger partial charge in [0, 0.05) is 0 Å². The number of ether oxygens (including phenoxy) is 1. The summed E-state index contributed by atoms with van der Waals surface area (Å²) >= 11 is 0. The summed E-state index contributed by atoms with van der Waals surface area (Å²) in [7, 11) is 0. The summed E-state index contributed by atoms with van der Waals surface area (Å²) in [6.45, 7) is 2.99. The van der Waals surface area contributed by atoms with Crippen LogP contribution in [-0.2, 0) is 9.57 Å². The molecule has 104 valence electrons. The number of hydrogen-bond donors (Lipinski definition) is 0. The zero-order chi connectivity index (χ0) is 13.4. The summed E-state index contributed by atoms with van der Waals surface area (Å²) in [6.07, 6.45) is 6.17. The molecule has 3 aliphatic heterocycles. The lowest BCUT2D eigenvalue weighted by atomic mass is 9.67. The number of fused-ring (bicyclic) bond motifs is 1. The molecule has 1 spiro atoms. The maximum Gasteiger partial charge on any atom is 0.120 e. The van der Waals surface area contributed by atoms with Crippen LogP contribution < -0.4 is 5.06 Å². The van der Waals surface area contributed by atoms with Gasteiger partial charge in [-0.15, -0.1) is 0 Å². The van der Waals surface area contributed by atoms with Crippen LogP contribution in [0.3, 0.4) is 0 Å². The highest BCUT2D eigenvalue weighted by Gasteiger charge is 2.68. The van der Waals surface area contributed by atoms with Gasteiger partial charge in [0.2, 0.25) is 0 Å². The number of nitrogens with zero attached hydrogens (tertiary/aromatic N) is 1. The first-order chi connectivity index (χ1) is 9.72. The Kier molecular flexibility index (Phi) is 1.97. The Morgan fingerprint density at radius 1 is 1.20 bits per heavy atom. The maximum atomic E-state index is 6.42. The third-order valence-corrected chi connectivity index (χ3v) is 5.60. The zero-order valence-electron chi connectivity index (χ0n) is 11.7. The average Bonchev–Trinajstić information content (AvgIpc) is 3.01. The monoisotopic (exact) mass is 269 g/mol. The van der Waals surface area contributed by atoms with Crippen LogP contribution >= 0.6 is 0 Å². The van der Waals surface area contributed by atoms with Gasteiger partial charge in [-0.05, 0) is 55.9 Å². The molecule has 2 bridgehead atoms. The van der Waals surface area contributed by atoms with Crippen LogP contribution in [0.15, 0.2) is 42.0 Å². The van der Waals surface area contributed by atoms with Crippen molar-refractivity contribution in [3.8, 4) is 0 Å². The average molecular weight is 269 g/mol. The van der Waals surface area contributed by atoms with Crippen LogP contribution in [0.25, 0.3) is 0 Å². The van der Waals surface area contributed by atoms with Crippen molar-refractivity contribution in [1.82, 2.24) is 0 Å². The lowest BCUT2D eigenvalue weighted by molar-refractivity contribution is -0.123. The molecule has 1 aromatic rings. The van der Waals surface area contributed by atoms with Gasteiger partial charge >= 0.3 is 0 Å². The Labute approximate surface area is 119 Å². The summed E-state index contributed by atoms with van der Waals surface area (Å²) < 4.78 is 6.12. The molecule has 4 atom stereocenters. The van der Waals surface area contributed by atoms with Gasteiger partial charge in [-0.2, -0.15) is 0 Å². The SMILES string of the molecule is C[C@@]12C=C3CO[C@@H]4CC[C@@H](C1)[C@]34N(c1ccccc1)O2. The van der Waals surface area contributed by atoms with Crippen molar-refractivity contribution in [2.45, 2.75) is 43.4 Å². The van der Waals surface area contributed by atoms with Gasteiger partial charge in [0.15, 0.2) is 0 Å². The van der Waals surface area contributed by atoms with Gasteiger partial charge in [0.25, 0.3) is 0 Å². The molecule has 1 aromatic carbocycles. The van der Waals surface area contributed by atoms with Gasteiger partial charge in [-0.3, -0.25) is 4.84 Å². The molecule has 3 nitrogen and oxygen atoms in total. The number of hydrogen-bond acceptors (Lipinski definition) is 3. The highest BCUT2D eigenvalue weighted by molar-refractivity contribution is 5.56. The molecular formula is C17H19NO2. The van der Waals surface area contributed by atoms with Crippen molar-refractivity contribution < 1.29 is 9.57 Å². The largest absolute Gasteiger partial charge is 0.371 e. The summed E-state index contributed by atoms with van der Waals surface area (Å²) in [5, 5.41) is 2.20. The van der Waals surface area contributed by atoms with Gasteiger partial charge in [0.1, 0.15) is 11.1 Å². The van der Waals surface area contributed by atoms with E-state index >= 15 is 0 Å². The highest BCUT2D eigenvalue weighted by atomic mass is 16.7. The molecule has 5 aliphatic rings. The van der Waals surface area contributed by atoms with Crippen LogP contribution in [0.5, 0.6) is 0 Å². The maximum absolute atomic E-state index is 6.42. The van der Waals surface area contributed by atoms with Crippen molar-refractivity contribution in [3.63, 3.8) is 0 Å². The number of hydroxylamine groups is 1. The predicted molar refractivity (Wildman–Crippen MR) is 76.3 cm³/mol. The topological polar surface area (TPSA) is 21.7 Å². The third-order valence-electron chi connectivity index (χ3n) is 5.60. The van der Waals surface area contributed by atoms with E-state index in [0.717, 1.165) is 25.1 Å². The summed E-state index contributed by atoms with van der Waals surface area (Å²) in [6, 6.07) is 10.5. The molecule has 0 aromatic heterocycles. The summed E-state index contributed by atoms with van der Waals surface area (Å²) in [4.78, 5) is 6.42. The second kappa shape index (κ2) is 3.46. The minimum atomic E-state index is -0.166. The minimum absolute atomic E-state index is 0.0287. The second-order valence-corrected chi connectivity index (χ2v) is 6.81. The Morgan fingerprint density at radius 3 is 2.90 bits per heavy atom. The van der Waals surface area contributed by atoms with Crippen molar-refractivity contribution in [1.29, 1.82) is 0 Å². The van der Waals surface area contributed by atoms with E-state index in [1.54, 1.807) is 0 Å². The molecule has 0 unspecified atom stereocenters. The van der Waals surface area contributed by atoms with Crippen LogP contribution in [0.1, 0.15) is 26.2 Å². The van der Waals surface area contributed by atoms with Crippen molar-refractivity contribution >= 4 is 5.69 Å². The van der Waals surface area contributed by atoms with Crippen molar-refractivity contribution in [2.75, 3.05) is 11.7 Å². The fraction of sp³-hybridized carbons (Fsp3) is 0.529. The fourth-order valence-corrected chi connectivity index (χ4v) is 4.98. The van der Waals surface area contributed by atoms with Gasteiger partial charge < -0.3 is 4.74 Å². The number of para-hydroxylation sites is 1. The molecule has 0 radical (unpaired) electrons. The number of rotatable bonds is 1. The molecule has 6 rings (SSSR count). The molecule has 3 heteroatoms. The van der Waals surface area contributed by atoms with Crippen LogP contribution in [-0.4, -0.2) is 23.9 Å². The van der Waals surface area contributed by atoms with E-state index in [-0.39, 0.29) is 11.1 Å². The standard InChI is InChI=1S/C17H19NO2/c1-16-9-12-7-8-15-17(12,13(10-16)11-19-15)18(20-16)14-5-3-2-4-6-14/h2-6,10,12,15H,7-9,11H2,1H3/t12-,15+,16-,17-/m0/s1. The second-order valence-electron chi connectivity index (χ2n) is 6.81. The normalized spacial score (nSPS) is 44.6. The Hall–Kier alpha value is -1.32. The molecule has 2 saturated heterocycles. The molecular weight excluding hydrogens is 250 g/mol. The third kappa shape index (κ3) is 1.15. The molecule has 3 fully saturated rings. The Bertz CT molecular complexity index is 598. The van der Waals surface area contributed by atoms with Gasteiger partial charge in [0.05, 0.1) is 18.4 Å². The van der Waals surface area contributed by atoms with Gasteiger partial charge in [-0.1, -0.05) is 18.2 Å². The summed E-state index contributed by atoms with van der Waals surface area (Å²) in [5.41, 5.74) is 2.42. The van der Waals surface area contributed by atoms with E-state index in [1.165, 1.54) is 12.0 Å². The quantitative estimate of drug-likeness (QED) is 0.731. The molecule has 0 amide bonds. The van der Waals surface area contributed by atoms with E-state index in [1.807, 2.05) is 0 Å².